The summed E-state index contributed by atoms with van der Waals surface area (Å²) < 4.78 is 55.4. The number of nitrogens with two attached hydrogens (primary N) is 1. The lowest BCUT2D eigenvalue weighted by atomic mass is 9.81. The number of carbonyl (C=O) groups is 2. The van der Waals surface area contributed by atoms with E-state index in [9.17, 15) is 27.2 Å². The predicted octanol–water partition coefficient (Wildman–Crippen LogP) is 4.09. The van der Waals surface area contributed by atoms with E-state index in [0.29, 0.717) is 17.5 Å². The number of rotatable bonds is 10. The van der Waals surface area contributed by atoms with E-state index in [0.717, 1.165) is 0 Å². The minimum Gasteiger partial charge on any atom is -0.366 e. The van der Waals surface area contributed by atoms with Crippen molar-refractivity contribution >= 4 is 23.2 Å². The first-order chi connectivity index (χ1) is 15.4. The molecule has 2 aromatic rings. The van der Waals surface area contributed by atoms with Crippen molar-refractivity contribution in [2.45, 2.75) is 43.8 Å². The Hall–Kier alpha value is -2.46. The standard InChI is InChI=1S/C23H27F4N3O2S/c1-30(2)16(9-14-3-4-17(21(28)32)19(24)10-14)12-29-20(31)11-18(15-5-8-33-13-15)22(6-7-22)23(25,26)27/h3-5,8,10,13,16,18H,6-7,9,11-12H2,1-2H3,(H2,28,32)(H,29,31)/t16-,18-/m0/s1. The summed E-state index contributed by atoms with van der Waals surface area (Å²) in [6.45, 7) is 0.181. The van der Waals surface area contributed by atoms with E-state index in [1.807, 2.05) is 4.90 Å². The molecule has 0 spiro atoms. The van der Waals surface area contributed by atoms with E-state index in [4.69, 9.17) is 5.73 Å². The number of hydrogen-bond donors (Lipinski definition) is 2. The van der Waals surface area contributed by atoms with E-state index in [-0.39, 0.29) is 37.4 Å². The van der Waals surface area contributed by atoms with Crippen LogP contribution < -0.4 is 11.1 Å². The molecule has 3 N–H and O–H groups in total. The Morgan fingerprint density at radius 3 is 2.42 bits per heavy atom. The fourth-order valence-corrected chi connectivity index (χ4v) is 4.87. The van der Waals surface area contributed by atoms with Gasteiger partial charge in [-0.25, -0.2) is 4.39 Å². The number of primary amides is 1. The van der Waals surface area contributed by atoms with Gasteiger partial charge in [0.1, 0.15) is 5.82 Å². The Bertz CT molecular complexity index is 988. The SMILES string of the molecule is CN(C)[C@H](CNC(=O)C[C@@H](c1ccsc1)C1(C(F)(F)F)CC1)Cc1ccc(C(N)=O)c(F)c1. The summed E-state index contributed by atoms with van der Waals surface area (Å²) in [5.41, 5.74) is 4.23. The molecule has 3 rings (SSSR count). The van der Waals surface area contributed by atoms with Crippen molar-refractivity contribution in [1.82, 2.24) is 10.2 Å². The van der Waals surface area contributed by atoms with Gasteiger partial charge >= 0.3 is 6.18 Å². The first kappa shape index (κ1) is 25.2. The zero-order chi connectivity index (χ0) is 24.4. The summed E-state index contributed by atoms with van der Waals surface area (Å²) in [5, 5.41) is 6.16. The van der Waals surface area contributed by atoms with Crippen molar-refractivity contribution in [2.75, 3.05) is 20.6 Å². The lowest BCUT2D eigenvalue weighted by Gasteiger charge is -2.29. The van der Waals surface area contributed by atoms with Crippen LogP contribution in [0.4, 0.5) is 17.6 Å². The number of nitrogens with zero attached hydrogens (tertiary/aromatic N) is 1. The van der Waals surface area contributed by atoms with Gasteiger partial charge in [-0.2, -0.15) is 24.5 Å². The molecule has 0 radical (unpaired) electrons. The average Bonchev–Trinajstić information content (AvgIpc) is 3.36. The lowest BCUT2D eigenvalue weighted by Crippen LogP contribution is -2.42. The van der Waals surface area contributed by atoms with E-state index >= 15 is 0 Å². The maximum absolute atomic E-state index is 14.1. The maximum Gasteiger partial charge on any atom is 0.395 e. The largest absolute Gasteiger partial charge is 0.395 e. The molecule has 1 aromatic heterocycles. The fraction of sp³-hybridized carbons (Fsp3) is 0.478. The Morgan fingerprint density at radius 1 is 1.24 bits per heavy atom. The predicted molar refractivity (Wildman–Crippen MR) is 119 cm³/mol. The van der Waals surface area contributed by atoms with Gasteiger partial charge in [-0.3, -0.25) is 9.59 Å². The van der Waals surface area contributed by atoms with Crippen LogP contribution in [0.3, 0.4) is 0 Å². The number of likely N-dealkylation sites (N-methyl/N-ethyl adjacent to an activating group) is 1. The van der Waals surface area contributed by atoms with E-state index < -0.39 is 35.1 Å². The Morgan fingerprint density at radius 2 is 1.94 bits per heavy atom. The number of benzene rings is 1. The second-order valence-corrected chi connectivity index (χ2v) is 9.55. The summed E-state index contributed by atoms with van der Waals surface area (Å²) in [5.74, 6) is -2.95. The van der Waals surface area contributed by atoms with Gasteiger partial charge in [0, 0.05) is 24.9 Å². The molecule has 2 amide bonds. The Kier molecular flexibility index (Phi) is 7.48. The van der Waals surface area contributed by atoms with Crippen LogP contribution in [-0.2, 0) is 11.2 Å². The molecule has 0 unspecified atom stereocenters. The number of alkyl halides is 3. The van der Waals surface area contributed by atoms with Gasteiger partial charge in [0.2, 0.25) is 5.91 Å². The Labute approximate surface area is 194 Å². The van der Waals surface area contributed by atoms with Gasteiger partial charge in [0.15, 0.2) is 0 Å². The molecule has 1 saturated carbocycles. The van der Waals surface area contributed by atoms with Crippen LogP contribution in [0.5, 0.6) is 0 Å². The molecule has 0 bridgehead atoms. The molecule has 2 atom stereocenters. The Balaban J connectivity index is 1.66. The van der Waals surface area contributed by atoms with Crippen molar-refractivity contribution in [2.24, 2.45) is 11.1 Å². The molecule has 1 aromatic carbocycles. The molecular formula is C23H27F4N3O2S. The number of thiophene rings is 1. The summed E-state index contributed by atoms with van der Waals surface area (Å²) in [6.07, 6.45) is -4.20. The van der Waals surface area contributed by atoms with Gasteiger partial charge in [-0.1, -0.05) is 6.07 Å². The third-order valence-electron chi connectivity index (χ3n) is 6.39. The normalized spacial score (nSPS) is 16.9. The van der Waals surface area contributed by atoms with Crippen LogP contribution in [0, 0.1) is 11.2 Å². The van der Waals surface area contributed by atoms with E-state index in [1.165, 1.54) is 23.5 Å². The maximum atomic E-state index is 14.1. The highest BCUT2D eigenvalue weighted by molar-refractivity contribution is 7.08. The molecule has 1 fully saturated rings. The lowest BCUT2D eigenvalue weighted by molar-refractivity contribution is -0.194. The zero-order valence-electron chi connectivity index (χ0n) is 18.4. The highest BCUT2D eigenvalue weighted by Gasteiger charge is 2.67. The third kappa shape index (κ3) is 5.73. The molecule has 5 nitrogen and oxygen atoms in total. The first-order valence-electron chi connectivity index (χ1n) is 10.5. The topological polar surface area (TPSA) is 75.4 Å². The molecule has 180 valence electrons. The van der Waals surface area contributed by atoms with E-state index in [1.54, 1.807) is 37.0 Å². The van der Waals surface area contributed by atoms with Crippen LogP contribution in [-0.4, -0.2) is 49.6 Å². The molecule has 0 saturated heterocycles. The second-order valence-electron chi connectivity index (χ2n) is 8.77. The molecular weight excluding hydrogens is 458 g/mol. The third-order valence-corrected chi connectivity index (χ3v) is 7.09. The van der Waals surface area contributed by atoms with Crippen molar-refractivity contribution in [3.05, 3.63) is 57.5 Å². The van der Waals surface area contributed by atoms with Crippen LogP contribution in [0.25, 0.3) is 0 Å². The molecule has 1 aliphatic carbocycles. The first-order valence-corrected chi connectivity index (χ1v) is 11.5. The van der Waals surface area contributed by atoms with Crippen molar-refractivity contribution in [3.8, 4) is 0 Å². The molecule has 0 aliphatic heterocycles. The number of nitrogens with one attached hydrogen (secondary N) is 1. The monoisotopic (exact) mass is 485 g/mol. The van der Waals surface area contributed by atoms with Gasteiger partial charge in [0.05, 0.1) is 11.0 Å². The summed E-state index contributed by atoms with van der Waals surface area (Å²) >= 11 is 1.31. The highest BCUT2D eigenvalue weighted by atomic mass is 32.1. The average molecular weight is 486 g/mol. The quantitative estimate of drug-likeness (QED) is 0.498. The van der Waals surface area contributed by atoms with Gasteiger partial charge in [-0.05, 0) is 73.4 Å². The van der Waals surface area contributed by atoms with Crippen LogP contribution >= 0.6 is 11.3 Å². The molecule has 10 heteroatoms. The fourth-order valence-electron chi connectivity index (χ4n) is 4.15. The van der Waals surface area contributed by atoms with Crippen LogP contribution in [0.15, 0.2) is 35.0 Å². The minimum atomic E-state index is -4.37. The molecule has 1 heterocycles. The smallest absolute Gasteiger partial charge is 0.366 e. The highest BCUT2D eigenvalue weighted by Crippen LogP contribution is 2.66. The van der Waals surface area contributed by atoms with Crippen molar-refractivity contribution in [1.29, 1.82) is 0 Å². The number of carbonyl (C=O) groups excluding carboxylic acids is 2. The summed E-state index contributed by atoms with van der Waals surface area (Å²) in [6, 6.07) is 5.56. The molecule has 33 heavy (non-hydrogen) atoms. The number of halogens is 4. The van der Waals surface area contributed by atoms with Crippen LogP contribution in [0.2, 0.25) is 0 Å². The van der Waals surface area contributed by atoms with Gasteiger partial charge < -0.3 is 16.0 Å². The van der Waals surface area contributed by atoms with Crippen molar-refractivity contribution < 1.29 is 27.2 Å². The number of amides is 2. The zero-order valence-corrected chi connectivity index (χ0v) is 19.2. The van der Waals surface area contributed by atoms with Gasteiger partial charge in [0.25, 0.3) is 5.91 Å². The van der Waals surface area contributed by atoms with E-state index in [2.05, 4.69) is 5.32 Å². The second kappa shape index (κ2) is 9.80. The molecule has 1 aliphatic rings. The van der Waals surface area contributed by atoms with Gasteiger partial charge in [-0.15, -0.1) is 0 Å². The minimum absolute atomic E-state index is 0.0253. The summed E-state index contributed by atoms with van der Waals surface area (Å²) in [4.78, 5) is 25.7. The van der Waals surface area contributed by atoms with Crippen molar-refractivity contribution in [3.63, 3.8) is 0 Å². The summed E-state index contributed by atoms with van der Waals surface area (Å²) in [7, 11) is 3.59. The van der Waals surface area contributed by atoms with Crippen LogP contribution in [0.1, 0.15) is 46.7 Å². The number of hydrogen-bond acceptors (Lipinski definition) is 4.